The maximum atomic E-state index is 10.7. The fourth-order valence-corrected chi connectivity index (χ4v) is 0.666. The second kappa shape index (κ2) is 6.64. The van der Waals surface area contributed by atoms with Crippen LogP contribution >= 0.6 is 0 Å². The first-order chi connectivity index (χ1) is 5.66. The molecule has 0 radical (unpaired) electrons. The molecule has 0 fully saturated rings. The molecule has 0 atom stereocenters. The van der Waals surface area contributed by atoms with Gasteiger partial charge in [0.05, 0.1) is 6.42 Å². The smallest absolute Gasteiger partial charge is 0.248 e. The quantitative estimate of drug-likeness (QED) is 0.369. The molecule has 0 rings (SSSR count). The Balaban J connectivity index is 3.28. The fourth-order valence-electron chi connectivity index (χ4n) is 0.666. The van der Waals surface area contributed by atoms with Crippen molar-refractivity contribution >= 4 is 11.9 Å². The van der Waals surface area contributed by atoms with Gasteiger partial charge in [0, 0.05) is 6.92 Å². The fraction of sp³-hybridized carbons (Fsp3) is 0.750. The minimum absolute atomic E-state index is 0.307. The lowest BCUT2D eigenvalue weighted by atomic mass is 10.2. The van der Waals surface area contributed by atoms with Gasteiger partial charge in [0.15, 0.2) is 0 Å². The van der Waals surface area contributed by atoms with Crippen molar-refractivity contribution in [1.29, 1.82) is 0 Å². The largest absolute Gasteiger partial charge is 0.355 e. The molecule has 0 aliphatic rings. The minimum atomic E-state index is -0.612. The second-order valence-corrected chi connectivity index (χ2v) is 2.49. The molecule has 4 nitrogen and oxygen atoms in total. The Kier molecular flexibility index (Phi) is 6.05. The Morgan fingerprint density at radius 2 is 1.83 bits per heavy atom. The molecule has 4 heteroatoms. The van der Waals surface area contributed by atoms with Gasteiger partial charge in [0.25, 0.3) is 0 Å². The lowest BCUT2D eigenvalue weighted by Crippen LogP contribution is -2.08. The molecular weight excluding hydrogens is 160 g/mol. The Labute approximate surface area is 71.8 Å². The van der Waals surface area contributed by atoms with Crippen LogP contribution in [0.15, 0.2) is 0 Å². The molecule has 0 saturated heterocycles. The molecule has 70 valence electrons. The van der Waals surface area contributed by atoms with Crippen LogP contribution in [0.1, 0.15) is 39.5 Å². The van der Waals surface area contributed by atoms with Crippen molar-refractivity contribution in [1.82, 2.24) is 0 Å². The van der Waals surface area contributed by atoms with Gasteiger partial charge in [-0.3, -0.25) is 0 Å². The van der Waals surface area contributed by atoms with Crippen molar-refractivity contribution in [2.24, 2.45) is 0 Å². The van der Waals surface area contributed by atoms with Crippen molar-refractivity contribution in [3.05, 3.63) is 0 Å². The summed E-state index contributed by atoms with van der Waals surface area (Å²) in [6.45, 7) is 3.22. The summed E-state index contributed by atoms with van der Waals surface area (Å²) in [5, 5.41) is 0. The SMILES string of the molecule is CCCCCC(=O)OOC(C)=O. The van der Waals surface area contributed by atoms with Gasteiger partial charge in [-0.25, -0.2) is 19.4 Å². The average Bonchev–Trinajstić information content (AvgIpc) is 2.01. The summed E-state index contributed by atoms with van der Waals surface area (Å²) in [5.74, 6) is -1.10. The number of carbonyl (C=O) groups is 2. The monoisotopic (exact) mass is 174 g/mol. The third-order valence-electron chi connectivity index (χ3n) is 1.24. The van der Waals surface area contributed by atoms with E-state index in [9.17, 15) is 9.59 Å². The second-order valence-electron chi connectivity index (χ2n) is 2.49. The first kappa shape index (κ1) is 10.9. The standard InChI is InChI=1S/C8H14O4/c1-3-4-5-6-8(10)12-11-7(2)9/h3-6H2,1-2H3. The molecule has 0 aromatic rings. The van der Waals surface area contributed by atoms with E-state index in [1.165, 1.54) is 6.92 Å². The maximum absolute atomic E-state index is 10.7. The Bertz CT molecular complexity index is 153. The van der Waals surface area contributed by atoms with E-state index in [0.29, 0.717) is 6.42 Å². The molecule has 0 unspecified atom stereocenters. The summed E-state index contributed by atoms with van der Waals surface area (Å²) >= 11 is 0. The van der Waals surface area contributed by atoms with Gasteiger partial charge >= 0.3 is 11.9 Å². The minimum Gasteiger partial charge on any atom is -0.248 e. The molecule has 0 heterocycles. The van der Waals surface area contributed by atoms with E-state index in [2.05, 4.69) is 9.78 Å². The first-order valence-electron chi connectivity index (χ1n) is 4.04. The van der Waals surface area contributed by atoms with E-state index in [4.69, 9.17) is 0 Å². The van der Waals surface area contributed by atoms with Gasteiger partial charge < -0.3 is 0 Å². The van der Waals surface area contributed by atoms with Crippen LogP contribution in [0.4, 0.5) is 0 Å². The Morgan fingerprint density at radius 1 is 1.17 bits per heavy atom. The molecule has 0 aromatic heterocycles. The lowest BCUT2D eigenvalue weighted by molar-refractivity contribution is -0.257. The van der Waals surface area contributed by atoms with Crippen molar-refractivity contribution in [3.63, 3.8) is 0 Å². The predicted molar refractivity (Wildman–Crippen MR) is 42.0 cm³/mol. The summed E-state index contributed by atoms with van der Waals surface area (Å²) in [4.78, 5) is 29.1. The maximum Gasteiger partial charge on any atom is 0.355 e. The topological polar surface area (TPSA) is 52.6 Å². The van der Waals surface area contributed by atoms with Crippen molar-refractivity contribution in [2.75, 3.05) is 0 Å². The summed E-state index contributed by atoms with van der Waals surface area (Å²) in [5.41, 5.74) is 0. The van der Waals surface area contributed by atoms with Crippen LogP contribution in [0.3, 0.4) is 0 Å². The van der Waals surface area contributed by atoms with Crippen LogP contribution < -0.4 is 0 Å². The number of carbonyl (C=O) groups excluding carboxylic acids is 2. The highest BCUT2D eigenvalue weighted by atomic mass is 17.2. The zero-order valence-corrected chi connectivity index (χ0v) is 7.46. The van der Waals surface area contributed by atoms with Crippen LogP contribution in [-0.2, 0) is 19.4 Å². The highest BCUT2D eigenvalue weighted by Crippen LogP contribution is 2.00. The number of rotatable bonds is 4. The Hall–Kier alpha value is -1.06. The van der Waals surface area contributed by atoms with E-state index in [0.717, 1.165) is 19.3 Å². The number of hydrogen-bond acceptors (Lipinski definition) is 4. The van der Waals surface area contributed by atoms with Crippen LogP contribution in [-0.4, -0.2) is 11.9 Å². The van der Waals surface area contributed by atoms with Gasteiger partial charge in [0.2, 0.25) is 0 Å². The normalized spacial score (nSPS) is 9.17. The number of unbranched alkanes of at least 4 members (excludes halogenated alkanes) is 2. The van der Waals surface area contributed by atoms with Gasteiger partial charge in [0.1, 0.15) is 0 Å². The molecule has 0 N–H and O–H groups in total. The van der Waals surface area contributed by atoms with E-state index < -0.39 is 11.9 Å². The van der Waals surface area contributed by atoms with Crippen LogP contribution in [0, 0.1) is 0 Å². The molecule has 0 aliphatic carbocycles. The van der Waals surface area contributed by atoms with E-state index in [-0.39, 0.29) is 0 Å². The van der Waals surface area contributed by atoms with Crippen LogP contribution in [0.5, 0.6) is 0 Å². The summed E-state index contributed by atoms with van der Waals surface area (Å²) in [6, 6.07) is 0. The molecule has 0 aromatic carbocycles. The lowest BCUT2D eigenvalue weighted by Gasteiger charge is -1.99. The zero-order valence-electron chi connectivity index (χ0n) is 7.46. The Morgan fingerprint density at radius 3 is 2.33 bits per heavy atom. The third kappa shape index (κ3) is 7.05. The summed E-state index contributed by atoms with van der Waals surface area (Å²) in [6.07, 6.45) is 3.10. The number of hydrogen-bond donors (Lipinski definition) is 0. The molecular formula is C8H14O4. The zero-order chi connectivity index (χ0) is 9.40. The van der Waals surface area contributed by atoms with Crippen molar-refractivity contribution < 1.29 is 19.4 Å². The molecule has 0 spiro atoms. The van der Waals surface area contributed by atoms with E-state index >= 15 is 0 Å². The molecule has 0 bridgehead atoms. The van der Waals surface area contributed by atoms with Crippen molar-refractivity contribution in [2.45, 2.75) is 39.5 Å². The average molecular weight is 174 g/mol. The van der Waals surface area contributed by atoms with E-state index in [1.807, 2.05) is 6.92 Å². The van der Waals surface area contributed by atoms with Gasteiger partial charge in [-0.2, -0.15) is 0 Å². The van der Waals surface area contributed by atoms with Crippen LogP contribution in [0.2, 0.25) is 0 Å². The molecule has 0 aliphatic heterocycles. The van der Waals surface area contributed by atoms with Gasteiger partial charge in [-0.15, -0.1) is 0 Å². The first-order valence-corrected chi connectivity index (χ1v) is 4.04. The summed E-state index contributed by atoms with van der Waals surface area (Å²) < 4.78 is 0. The van der Waals surface area contributed by atoms with Crippen molar-refractivity contribution in [3.8, 4) is 0 Å². The highest BCUT2D eigenvalue weighted by Gasteiger charge is 2.04. The molecule has 0 amide bonds. The highest BCUT2D eigenvalue weighted by molar-refractivity contribution is 5.71. The summed E-state index contributed by atoms with van der Waals surface area (Å²) in [7, 11) is 0. The molecule has 0 saturated carbocycles. The predicted octanol–water partition coefficient (Wildman–Crippen LogP) is 1.59. The van der Waals surface area contributed by atoms with Crippen LogP contribution in [0.25, 0.3) is 0 Å². The van der Waals surface area contributed by atoms with Gasteiger partial charge in [-0.05, 0) is 6.42 Å². The molecule has 12 heavy (non-hydrogen) atoms. The van der Waals surface area contributed by atoms with E-state index in [1.54, 1.807) is 0 Å². The third-order valence-corrected chi connectivity index (χ3v) is 1.24. The van der Waals surface area contributed by atoms with Gasteiger partial charge in [-0.1, -0.05) is 19.8 Å².